The van der Waals surface area contributed by atoms with Crippen LogP contribution in [0.25, 0.3) is 10.9 Å². The first-order valence-corrected chi connectivity index (χ1v) is 10.8. The van der Waals surface area contributed by atoms with Crippen molar-refractivity contribution in [3.05, 3.63) is 69.5 Å². The van der Waals surface area contributed by atoms with Gasteiger partial charge in [-0.25, -0.2) is 4.98 Å². The van der Waals surface area contributed by atoms with Gasteiger partial charge in [-0.2, -0.15) is 0 Å². The Bertz CT molecular complexity index is 1120. The zero-order chi connectivity index (χ0) is 20.4. The number of hydrogen-bond acceptors (Lipinski definition) is 5. The summed E-state index contributed by atoms with van der Waals surface area (Å²) < 4.78 is 6.78. The number of aryl methyl sites for hydroxylation is 2. The van der Waals surface area contributed by atoms with Gasteiger partial charge >= 0.3 is 0 Å². The number of nitrogens with zero attached hydrogens (tertiary/aromatic N) is 2. The standard InChI is InChI=1S/C23H24N2O3S/c1-15(21(26)18-11-10-16-6-5-7-17(16)14-18)29-23-24-20-9-4-3-8-19(20)22(27)25(23)12-13-28-2/h3-4,8-11,14-15H,5-7,12-13H2,1-2H3/t15-/m1/s1. The number of carbonyl (C=O) groups is 1. The number of benzene rings is 2. The van der Waals surface area contributed by atoms with Crippen LogP contribution in [0.4, 0.5) is 0 Å². The molecule has 150 valence electrons. The number of para-hydroxylation sites is 1. The summed E-state index contributed by atoms with van der Waals surface area (Å²) in [5.41, 5.74) is 3.91. The molecule has 1 atom stereocenters. The van der Waals surface area contributed by atoms with Crippen LogP contribution in [0.5, 0.6) is 0 Å². The van der Waals surface area contributed by atoms with Gasteiger partial charge < -0.3 is 4.74 Å². The van der Waals surface area contributed by atoms with Crippen molar-refractivity contribution in [2.45, 2.75) is 43.1 Å². The van der Waals surface area contributed by atoms with Crippen molar-refractivity contribution in [2.75, 3.05) is 13.7 Å². The Kier molecular flexibility index (Phi) is 5.83. The maximum Gasteiger partial charge on any atom is 0.262 e. The van der Waals surface area contributed by atoms with E-state index in [-0.39, 0.29) is 16.6 Å². The first-order valence-electron chi connectivity index (χ1n) is 9.89. The monoisotopic (exact) mass is 408 g/mol. The molecule has 0 bridgehead atoms. The number of rotatable bonds is 7. The highest BCUT2D eigenvalue weighted by atomic mass is 32.2. The van der Waals surface area contributed by atoms with E-state index in [1.165, 1.54) is 22.9 Å². The number of fused-ring (bicyclic) bond motifs is 2. The Hall–Kier alpha value is -2.44. The minimum Gasteiger partial charge on any atom is -0.383 e. The van der Waals surface area contributed by atoms with Gasteiger partial charge in [-0.15, -0.1) is 0 Å². The molecule has 0 aliphatic heterocycles. The fourth-order valence-electron chi connectivity index (χ4n) is 3.79. The number of ether oxygens (including phenoxy) is 1. The van der Waals surface area contributed by atoms with E-state index in [4.69, 9.17) is 4.74 Å². The second-order valence-corrected chi connectivity index (χ2v) is 8.63. The lowest BCUT2D eigenvalue weighted by Crippen LogP contribution is -2.26. The molecule has 29 heavy (non-hydrogen) atoms. The van der Waals surface area contributed by atoms with E-state index in [0.29, 0.717) is 29.2 Å². The van der Waals surface area contributed by atoms with Gasteiger partial charge in [0.1, 0.15) is 0 Å². The van der Waals surface area contributed by atoms with Gasteiger partial charge in [-0.1, -0.05) is 36.0 Å². The third-order valence-electron chi connectivity index (χ3n) is 5.38. The summed E-state index contributed by atoms with van der Waals surface area (Å²) in [6.07, 6.45) is 3.30. The van der Waals surface area contributed by atoms with Gasteiger partial charge in [0, 0.05) is 12.7 Å². The van der Waals surface area contributed by atoms with Crippen LogP contribution < -0.4 is 5.56 Å². The molecule has 4 rings (SSSR count). The molecule has 0 radical (unpaired) electrons. The predicted molar refractivity (Wildman–Crippen MR) is 116 cm³/mol. The van der Waals surface area contributed by atoms with Crippen LogP contribution in [0.3, 0.4) is 0 Å². The summed E-state index contributed by atoms with van der Waals surface area (Å²) in [5, 5.41) is 0.773. The molecule has 0 amide bonds. The van der Waals surface area contributed by atoms with E-state index in [1.807, 2.05) is 37.3 Å². The van der Waals surface area contributed by atoms with Crippen LogP contribution in [0.2, 0.25) is 0 Å². The SMILES string of the molecule is COCCn1c(S[C@H](C)C(=O)c2ccc3c(c2)CCC3)nc2ccccc2c1=O. The Morgan fingerprint density at radius 1 is 1.21 bits per heavy atom. The van der Waals surface area contributed by atoms with Crippen LogP contribution in [0.1, 0.15) is 34.8 Å². The number of hydrogen-bond donors (Lipinski definition) is 0. The topological polar surface area (TPSA) is 61.2 Å². The molecule has 6 heteroatoms. The molecule has 1 aromatic heterocycles. The Balaban J connectivity index is 1.65. The average molecular weight is 409 g/mol. The molecular weight excluding hydrogens is 384 g/mol. The van der Waals surface area contributed by atoms with Crippen molar-refractivity contribution in [3.63, 3.8) is 0 Å². The molecule has 0 unspecified atom stereocenters. The van der Waals surface area contributed by atoms with Crippen molar-refractivity contribution in [1.29, 1.82) is 0 Å². The summed E-state index contributed by atoms with van der Waals surface area (Å²) >= 11 is 1.33. The van der Waals surface area contributed by atoms with Gasteiger partial charge in [0.2, 0.25) is 0 Å². The molecule has 0 fully saturated rings. The minimum atomic E-state index is -0.351. The van der Waals surface area contributed by atoms with Crippen LogP contribution in [0, 0.1) is 0 Å². The predicted octanol–water partition coefficient (Wildman–Crippen LogP) is 3.90. The molecule has 0 N–H and O–H groups in total. The highest BCUT2D eigenvalue weighted by Crippen LogP contribution is 2.28. The number of aromatic nitrogens is 2. The Labute approximate surface area is 174 Å². The smallest absolute Gasteiger partial charge is 0.262 e. The number of carbonyl (C=O) groups excluding carboxylic acids is 1. The summed E-state index contributed by atoms with van der Waals surface area (Å²) in [6, 6.07) is 13.3. The normalized spacial score (nSPS) is 14.1. The van der Waals surface area contributed by atoms with E-state index in [9.17, 15) is 9.59 Å². The lowest BCUT2D eigenvalue weighted by molar-refractivity contribution is 0.0993. The third-order valence-corrected chi connectivity index (χ3v) is 6.47. The quantitative estimate of drug-likeness (QED) is 0.337. The number of methoxy groups -OCH3 is 1. The summed E-state index contributed by atoms with van der Waals surface area (Å²) in [7, 11) is 1.60. The first kappa shape index (κ1) is 19.9. The average Bonchev–Trinajstić information content (AvgIpc) is 3.21. The van der Waals surface area contributed by atoms with Gasteiger partial charge in [-0.3, -0.25) is 14.2 Å². The second-order valence-electron chi connectivity index (χ2n) is 7.32. The molecule has 1 aliphatic rings. The maximum absolute atomic E-state index is 13.1. The third kappa shape index (κ3) is 4.00. The fourth-order valence-corrected chi connectivity index (χ4v) is 4.80. The van der Waals surface area contributed by atoms with Gasteiger partial charge in [-0.05, 0) is 55.5 Å². The molecule has 2 aromatic carbocycles. The van der Waals surface area contributed by atoms with Crippen molar-refractivity contribution in [1.82, 2.24) is 9.55 Å². The summed E-state index contributed by atoms with van der Waals surface area (Å²) in [4.78, 5) is 30.7. The van der Waals surface area contributed by atoms with Gasteiger partial charge in [0.15, 0.2) is 10.9 Å². The van der Waals surface area contributed by atoms with Gasteiger partial charge in [0.25, 0.3) is 5.56 Å². The van der Waals surface area contributed by atoms with Crippen LogP contribution in [-0.4, -0.2) is 34.3 Å². The van der Waals surface area contributed by atoms with Crippen molar-refractivity contribution < 1.29 is 9.53 Å². The van der Waals surface area contributed by atoms with Crippen molar-refractivity contribution in [2.24, 2.45) is 0 Å². The van der Waals surface area contributed by atoms with Crippen LogP contribution >= 0.6 is 11.8 Å². The number of thioether (sulfide) groups is 1. The maximum atomic E-state index is 13.1. The summed E-state index contributed by atoms with van der Waals surface area (Å²) in [6.45, 7) is 2.68. The van der Waals surface area contributed by atoms with Crippen LogP contribution in [0.15, 0.2) is 52.4 Å². The van der Waals surface area contributed by atoms with E-state index < -0.39 is 0 Å². The van der Waals surface area contributed by atoms with Crippen molar-refractivity contribution in [3.8, 4) is 0 Å². The molecule has 3 aromatic rings. The summed E-state index contributed by atoms with van der Waals surface area (Å²) in [5.74, 6) is 0.0606. The highest BCUT2D eigenvalue weighted by Gasteiger charge is 2.22. The van der Waals surface area contributed by atoms with E-state index in [1.54, 1.807) is 17.7 Å². The molecule has 1 heterocycles. The Morgan fingerprint density at radius 2 is 2.00 bits per heavy atom. The molecule has 0 spiro atoms. The Morgan fingerprint density at radius 3 is 2.83 bits per heavy atom. The first-order chi connectivity index (χ1) is 14.1. The number of ketones is 1. The zero-order valence-corrected chi connectivity index (χ0v) is 17.5. The van der Waals surface area contributed by atoms with Crippen LogP contribution in [-0.2, 0) is 24.1 Å². The molecule has 0 saturated carbocycles. The molecule has 5 nitrogen and oxygen atoms in total. The van der Waals surface area contributed by atoms with Crippen molar-refractivity contribution >= 4 is 28.4 Å². The minimum absolute atomic E-state index is 0.0606. The number of Topliss-reactive ketones (excluding diaryl/α,β-unsaturated/α-hetero) is 1. The van der Waals surface area contributed by atoms with Gasteiger partial charge in [0.05, 0.1) is 29.3 Å². The lowest BCUT2D eigenvalue weighted by Gasteiger charge is -2.16. The van der Waals surface area contributed by atoms with E-state index >= 15 is 0 Å². The second kappa shape index (κ2) is 8.51. The van der Waals surface area contributed by atoms with E-state index in [0.717, 1.165) is 24.8 Å². The zero-order valence-electron chi connectivity index (χ0n) is 16.7. The highest BCUT2D eigenvalue weighted by molar-refractivity contribution is 8.00. The molecule has 0 saturated heterocycles. The van der Waals surface area contributed by atoms with E-state index in [2.05, 4.69) is 11.1 Å². The largest absolute Gasteiger partial charge is 0.383 e. The molecule has 1 aliphatic carbocycles. The lowest BCUT2D eigenvalue weighted by atomic mass is 10.0. The molecular formula is C23H24N2O3S. The fraction of sp³-hybridized carbons (Fsp3) is 0.348.